The van der Waals surface area contributed by atoms with Gasteiger partial charge in [0.25, 0.3) is 10.0 Å². The summed E-state index contributed by atoms with van der Waals surface area (Å²) >= 11 is 0. The molecule has 154 valence electrons. The number of fused-ring (bicyclic) bond motifs is 1. The van der Waals surface area contributed by atoms with Gasteiger partial charge < -0.3 is 4.90 Å². The highest BCUT2D eigenvalue weighted by Gasteiger charge is 2.34. The van der Waals surface area contributed by atoms with E-state index in [0.717, 1.165) is 11.0 Å². The number of carbonyl (C=O) groups is 1. The molecule has 2 aromatic rings. The lowest BCUT2D eigenvalue weighted by atomic mass is 10.1. The molecule has 0 radical (unpaired) electrons. The third-order valence-corrected chi connectivity index (χ3v) is 5.85. The monoisotopic (exact) mass is 425 g/mol. The minimum atomic E-state index is -4.53. The molecule has 0 aromatic heterocycles. The van der Waals surface area contributed by atoms with E-state index in [1.807, 2.05) is 0 Å². The first kappa shape index (κ1) is 20.8. The van der Waals surface area contributed by atoms with Gasteiger partial charge in [0.15, 0.2) is 0 Å². The average Bonchev–Trinajstić information content (AvgIpc) is 2.91. The zero-order valence-electron chi connectivity index (χ0n) is 15.6. The molecular formula is C19H18F3N3O3S. The van der Waals surface area contributed by atoms with Gasteiger partial charge in [0, 0.05) is 19.2 Å². The molecule has 1 N–H and O–H groups in total. The predicted octanol–water partition coefficient (Wildman–Crippen LogP) is 2.79. The van der Waals surface area contributed by atoms with Crippen molar-refractivity contribution in [2.45, 2.75) is 30.6 Å². The lowest BCUT2D eigenvalue weighted by Gasteiger charge is -2.22. The fourth-order valence-electron chi connectivity index (χ4n) is 3.07. The van der Waals surface area contributed by atoms with Crippen LogP contribution in [0.25, 0.3) is 0 Å². The Balaban J connectivity index is 1.81. The number of amides is 1. The molecule has 1 amide bonds. The molecule has 0 saturated heterocycles. The summed E-state index contributed by atoms with van der Waals surface area (Å²) in [6, 6.07) is 10.2. The van der Waals surface area contributed by atoms with Gasteiger partial charge in [-0.05, 0) is 30.7 Å². The van der Waals surface area contributed by atoms with Crippen LogP contribution >= 0.6 is 0 Å². The number of alkyl halides is 3. The Hall–Kier alpha value is -2.88. The van der Waals surface area contributed by atoms with E-state index in [1.54, 1.807) is 18.2 Å². The molecule has 1 aliphatic heterocycles. The number of hydrogen-bond acceptors (Lipinski definition) is 4. The van der Waals surface area contributed by atoms with E-state index in [0.29, 0.717) is 5.56 Å². The third kappa shape index (κ3) is 4.26. The molecule has 0 fully saturated rings. The minimum absolute atomic E-state index is 0.0329. The van der Waals surface area contributed by atoms with E-state index in [2.05, 4.69) is 9.71 Å². The van der Waals surface area contributed by atoms with Crippen LogP contribution < -0.4 is 4.72 Å². The van der Waals surface area contributed by atoms with Crippen molar-refractivity contribution in [3.63, 3.8) is 0 Å². The highest BCUT2D eigenvalue weighted by molar-refractivity contribution is 7.90. The Morgan fingerprint density at radius 2 is 1.76 bits per heavy atom. The van der Waals surface area contributed by atoms with Crippen molar-refractivity contribution < 1.29 is 26.4 Å². The topological polar surface area (TPSA) is 78.8 Å². The van der Waals surface area contributed by atoms with E-state index >= 15 is 0 Å². The fourth-order valence-corrected chi connectivity index (χ4v) is 4.30. The summed E-state index contributed by atoms with van der Waals surface area (Å²) in [7, 11) is -2.37. The normalized spacial score (nSPS) is 17.5. The Bertz CT molecular complexity index is 1080. The number of benzene rings is 2. The van der Waals surface area contributed by atoms with Gasteiger partial charge in [-0.25, -0.2) is 8.42 Å². The van der Waals surface area contributed by atoms with Crippen LogP contribution in [-0.4, -0.2) is 38.2 Å². The zero-order valence-corrected chi connectivity index (χ0v) is 16.4. The maximum atomic E-state index is 13.2. The first-order valence-corrected chi connectivity index (χ1v) is 10.1. The molecule has 3 rings (SSSR count). The number of sulfonamides is 1. The minimum Gasteiger partial charge on any atom is -0.340 e. The van der Waals surface area contributed by atoms with Crippen LogP contribution in [0.3, 0.4) is 0 Å². The summed E-state index contributed by atoms with van der Waals surface area (Å²) in [5.41, 5.74) is -0.504. The van der Waals surface area contributed by atoms with E-state index in [1.165, 1.54) is 38.2 Å². The number of carbonyl (C=O) groups excluding carboxylic acids is 1. The van der Waals surface area contributed by atoms with Gasteiger partial charge in [0.1, 0.15) is 11.9 Å². The number of nitrogens with zero attached hydrogens (tertiary/aromatic N) is 2. The van der Waals surface area contributed by atoms with Crippen molar-refractivity contribution in [3.8, 4) is 0 Å². The number of hydrogen-bond donors (Lipinski definition) is 1. The number of halogens is 3. The molecule has 10 heteroatoms. The first-order valence-electron chi connectivity index (χ1n) is 8.61. The van der Waals surface area contributed by atoms with Crippen molar-refractivity contribution in [1.82, 2.24) is 9.62 Å². The fraction of sp³-hybridized carbons (Fsp3) is 0.263. The molecular weight excluding hydrogens is 407 g/mol. The van der Waals surface area contributed by atoms with Crippen molar-refractivity contribution >= 4 is 21.8 Å². The second-order valence-electron chi connectivity index (χ2n) is 6.60. The van der Waals surface area contributed by atoms with Crippen LogP contribution in [0.15, 0.2) is 58.4 Å². The Labute approximate surface area is 166 Å². The number of amidine groups is 1. The number of rotatable bonds is 4. The standard InChI is InChI=1S/C19H18F3N3O3S/c1-12(23-17-14-8-4-6-10-16(14)29(27,28)24-17)18(26)25(2)11-13-7-3-5-9-15(13)19(20,21)22/h3-10,12H,11H2,1-2H3,(H,23,24)/t12-/m0/s1. The van der Waals surface area contributed by atoms with Gasteiger partial charge in [-0.1, -0.05) is 30.3 Å². The van der Waals surface area contributed by atoms with Gasteiger partial charge in [-0.2, -0.15) is 13.2 Å². The lowest BCUT2D eigenvalue weighted by Crippen LogP contribution is -2.35. The predicted molar refractivity (Wildman–Crippen MR) is 101 cm³/mol. The second-order valence-corrected chi connectivity index (χ2v) is 8.26. The maximum absolute atomic E-state index is 13.2. The molecule has 0 unspecified atom stereocenters. The molecule has 0 bridgehead atoms. The average molecular weight is 425 g/mol. The summed E-state index contributed by atoms with van der Waals surface area (Å²) in [5, 5.41) is 0. The Morgan fingerprint density at radius 3 is 2.45 bits per heavy atom. The van der Waals surface area contributed by atoms with Crippen LogP contribution in [-0.2, 0) is 27.5 Å². The van der Waals surface area contributed by atoms with Gasteiger partial charge in [0.05, 0.1) is 10.5 Å². The van der Waals surface area contributed by atoms with Gasteiger partial charge in [-0.3, -0.25) is 14.5 Å². The summed E-state index contributed by atoms with van der Waals surface area (Å²) in [6.07, 6.45) is -4.53. The van der Waals surface area contributed by atoms with E-state index in [-0.39, 0.29) is 22.8 Å². The van der Waals surface area contributed by atoms with E-state index in [4.69, 9.17) is 0 Å². The first-order chi connectivity index (χ1) is 13.5. The largest absolute Gasteiger partial charge is 0.416 e. The molecule has 1 heterocycles. The molecule has 29 heavy (non-hydrogen) atoms. The van der Waals surface area contributed by atoms with Gasteiger partial charge >= 0.3 is 6.18 Å². The maximum Gasteiger partial charge on any atom is 0.416 e. The van der Waals surface area contributed by atoms with Crippen LogP contribution in [0.5, 0.6) is 0 Å². The molecule has 0 aliphatic carbocycles. The third-order valence-electron chi connectivity index (χ3n) is 4.45. The molecule has 2 aromatic carbocycles. The lowest BCUT2D eigenvalue weighted by molar-refractivity contribution is -0.139. The van der Waals surface area contributed by atoms with Crippen molar-refractivity contribution in [3.05, 3.63) is 65.2 Å². The molecule has 1 aliphatic rings. The molecule has 6 nitrogen and oxygen atoms in total. The Kier molecular flexibility index (Phi) is 5.40. The van der Waals surface area contributed by atoms with Crippen LogP contribution in [0.1, 0.15) is 23.6 Å². The van der Waals surface area contributed by atoms with Crippen molar-refractivity contribution in [2.75, 3.05) is 7.05 Å². The summed E-state index contributed by atoms with van der Waals surface area (Å²) in [6.45, 7) is 1.20. The summed E-state index contributed by atoms with van der Waals surface area (Å²) in [4.78, 5) is 18.0. The summed E-state index contributed by atoms with van der Waals surface area (Å²) in [5.74, 6) is -0.511. The highest BCUT2D eigenvalue weighted by Crippen LogP contribution is 2.32. The number of aliphatic imine (C=N–C) groups is 1. The van der Waals surface area contributed by atoms with Crippen LogP contribution in [0.4, 0.5) is 13.2 Å². The van der Waals surface area contributed by atoms with Crippen molar-refractivity contribution in [2.24, 2.45) is 4.99 Å². The second kappa shape index (κ2) is 7.51. The van der Waals surface area contributed by atoms with Crippen molar-refractivity contribution in [1.29, 1.82) is 0 Å². The van der Waals surface area contributed by atoms with Gasteiger partial charge in [-0.15, -0.1) is 0 Å². The van der Waals surface area contributed by atoms with E-state index < -0.39 is 33.7 Å². The van der Waals surface area contributed by atoms with E-state index in [9.17, 15) is 26.4 Å². The molecule has 0 spiro atoms. The number of likely N-dealkylation sites (N-methyl/N-ethyl adjacent to an activating group) is 1. The summed E-state index contributed by atoms with van der Waals surface area (Å²) < 4.78 is 66.0. The van der Waals surface area contributed by atoms with Gasteiger partial charge in [0.2, 0.25) is 5.91 Å². The number of nitrogens with one attached hydrogen (secondary N) is 1. The smallest absolute Gasteiger partial charge is 0.340 e. The zero-order chi connectivity index (χ0) is 21.4. The highest BCUT2D eigenvalue weighted by atomic mass is 32.2. The van der Waals surface area contributed by atoms with Crippen LogP contribution in [0, 0.1) is 0 Å². The quantitative estimate of drug-likeness (QED) is 0.818. The SMILES string of the molecule is C[C@H](N=C1NS(=O)(=O)c2ccccc21)C(=O)N(C)Cc1ccccc1C(F)(F)F. The van der Waals surface area contributed by atoms with Crippen LogP contribution in [0.2, 0.25) is 0 Å². The molecule has 1 atom stereocenters. The Morgan fingerprint density at radius 1 is 1.14 bits per heavy atom. The molecule has 0 saturated carbocycles.